The minimum absolute atomic E-state index is 0.567. The van der Waals surface area contributed by atoms with Gasteiger partial charge in [-0.05, 0) is 36.6 Å². The summed E-state index contributed by atoms with van der Waals surface area (Å²) in [6.07, 6.45) is 1.78. The zero-order valence-corrected chi connectivity index (χ0v) is 11.1. The Morgan fingerprint density at radius 2 is 2.12 bits per heavy atom. The van der Waals surface area contributed by atoms with Crippen LogP contribution in [0.4, 0.5) is 0 Å². The van der Waals surface area contributed by atoms with E-state index in [9.17, 15) is 0 Å². The van der Waals surface area contributed by atoms with Crippen LogP contribution in [0.2, 0.25) is 5.02 Å². The summed E-state index contributed by atoms with van der Waals surface area (Å²) in [6.45, 7) is 7.32. The predicted molar refractivity (Wildman–Crippen MR) is 70.0 cm³/mol. The topological polar surface area (TPSA) is 30.7 Å². The van der Waals surface area contributed by atoms with Crippen LogP contribution in [0.15, 0.2) is 24.5 Å². The Morgan fingerprint density at radius 1 is 1.35 bits per heavy atom. The quantitative estimate of drug-likeness (QED) is 0.833. The molecule has 3 nitrogen and oxygen atoms in total. The summed E-state index contributed by atoms with van der Waals surface area (Å²) in [7, 11) is 0. The maximum absolute atomic E-state index is 5.96. The first-order valence-corrected chi connectivity index (χ1v) is 6.10. The summed E-state index contributed by atoms with van der Waals surface area (Å²) in [5.41, 5.74) is 2.21. The number of halogens is 1. The van der Waals surface area contributed by atoms with Crippen molar-refractivity contribution in [1.82, 2.24) is 14.8 Å². The minimum atomic E-state index is 0.567. The fourth-order valence-electron chi connectivity index (χ4n) is 1.87. The molecule has 0 radical (unpaired) electrons. The molecule has 17 heavy (non-hydrogen) atoms. The van der Waals surface area contributed by atoms with Gasteiger partial charge in [-0.15, -0.1) is 10.2 Å². The molecule has 90 valence electrons. The summed E-state index contributed by atoms with van der Waals surface area (Å²) in [4.78, 5) is 0. The first-order chi connectivity index (χ1) is 8.08. The highest BCUT2D eigenvalue weighted by Gasteiger charge is 2.10. The van der Waals surface area contributed by atoms with Crippen molar-refractivity contribution in [2.75, 3.05) is 0 Å². The predicted octanol–water partition coefficient (Wildman–Crippen LogP) is 3.56. The van der Waals surface area contributed by atoms with Crippen molar-refractivity contribution >= 4 is 11.6 Å². The number of nitrogens with zero attached hydrogens (tertiary/aromatic N) is 3. The summed E-state index contributed by atoms with van der Waals surface area (Å²) in [5.74, 6) is 1.48. The minimum Gasteiger partial charge on any atom is -0.313 e. The molecule has 0 fully saturated rings. The molecule has 0 saturated heterocycles. The average Bonchev–Trinajstić information content (AvgIpc) is 2.65. The fraction of sp³-hybridized carbons (Fsp3) is 0.385. The Balaban J connectivity index is 2.42. The molecule has 0 aliphatic carbocycles. The lowest BCUT2D eigenvalue weighted by Gasteiger charge is -2.10. The van der Waals surface area contributed by atoms with Gasteiger partial charge in [0.05, 0.1) is 0 Å². The van der Waals surface area contributed by atoms with E-state index in [-0.39, 0.29) is 0 Å². The van der Waals surface area contributed by atoms with Crippen LogP contribution in [0.3, 0.4) is 0 Å². The Morgan fingerprint density at radius 3 is 2.76 bits per heavy atom. The van der Waals surface area contributed by atoms with Crippen molar-refractivity contribution in [2.45, 2.75) is 27.3 Å². The van der Waals surface area contributed by atoms with Crippen molar-refractivity contribution in [2.24, 2.45) is 5.92 Å². The van der Waals surface area contributed by atoms with Crippen LogP contribution >= 0.6 is 11.6 Å². The number of rotatable bonds is 3. The molecule has 0 amide bonds. The summed E-state index contributed by atoms with van der Waals surface area (Å²) >= 11 is 5.96. The van der Waals surface area contributed by atoms with Crippen molar-refractivity contribution in [1.29, 1.82) is 0 Å². The number of aryl methyl sites for hydroxylation is 1. The number of hydrogen-bond acceptors (Lipinski definition) is 2. The molecule has 0 spiro atoms. The third kappa shape index (κ3) is 2.67. The highest BCUT2D eigenvalue weighted by atomic mass is 35.5. The Hall–Kier alpha value is -1.35. The van der Waals surface area contributed by atoms with Gasteiger partial charge in [0.1, 0.15) is 6.33 Å². The van der Waals surface area contributed by atoms with Crippen LogP contribution in [-0.4, -0.2) is 14.8 Å². The van der Waals surface area contributed by atoms with Crippen LogP contribution in [0, 0.1) is 12.8 Å². The number of benzene rings is 1. The molecule has 0 saturated carbocycles. The summed E-state index contributed by atoms with van der Waals surface area (Å²) < 4.78 is 2.08. The number of aromatic nitrogens is 3. The molecule has 4 heteroatoms. The maximum atomic E-state index is 5.96. The number of hydrogen-bond donors (Lipinski definition) is 0. The van der Waals surface area contributed by atoms with Gasteiger partial charge >= 0.3 is 0 Å². The lowest BCUT2D eigenvalue weighted by atomic mass is 10.1. The van der Waals surface area contributed by atoms with Crippen molar-refractivity contribution in [3.8, 4) is 11.4 Å². The highest BCUT2D eigenvalue weighted by molar-refractivity contribution is 6.30. The van der Waals surface area contributed by atoms with Crippen molar-refractivity contribution in [3.63, 3.8) is 0 Å². The molecule has 0 bridgehead atoms. The Bertz CT molecular complexity index is 517. The summed E-state index contributed by atoms with van der Waals surface area (Å²) in [6, 6.07) is 5.84. The van der Waals surface area contributed by atoms with E-state index in [2.05, 4.69) is 28.6 Å². The molecule has 0 atom stereocenters. The lowest BCUT2D eigenvalue weighted by Crippen LogP contribution is -2.05. The van der Waals surface area contributed by atoms with E-state index in [1.165, 1.54) is 0 Å². The van der Waals surface area contributed by atoms with E-state index < -0.39 is 0 Å². The molecule has 1 heterocycles. The van der Waals surface area contributed by atoms with Crippen LogP contribution in [-0.2, 0) is 6.54 Å². The lowest BCUT2D eigenvalue weighted by molar-refractivity contribution is 0.525. The Kier molecular flexibility index (Phi) is 3.48. The van der Waals surface area contributed by atoms with Crippen LogP contribution in [0.5, 0.6) is 0 Å². The van der Waals surface area contributed by atoms with Gasteiger partial charge in [-0.2, -0.15) is 0 Å². The van der Waals surface area contributed by atoms with Gasteiger partial charge in [0.15, 0.2) is 5.82 Å². The molecule has 0 aliphatic rings. The van der Waals surface area contributed by atoms with E-state index in [0.29, 0.717) is 5.92 Å². The van der Waals surface area contributed by atoms with E-state index in [0.717, 1.165) is 28.5 Å². The molecule has 2 rings (SSSR count). The smallest absolute Gasteiger partial charge is 0.164 e. The van der Waals surface area contributed by atoms with E-state index >= 15 is 0 Å². The molecule has 0 N–H and O–H groups in total. The van der Waals surface area contributed by atoms with Gasteiger partial charge in [0, 0.05) is 17.1 Å². The van der Waals surface area contributed by atoms with Crippen LogP contribution in [0.1, 0.15) is 19.4 Å². The Labute approximate surface area is 106 Å². The van der Waals surface area contributed by atoms with Gasteiger partial charge in [-0.3, -0.25) is 0 Å². The van der Waals surface area contributed by atoms with Crippen molar-refractivity contribution in [3.05, 3.63) is 35.1 Å². The molecular weight excluding hydrogens is 234 g/mol. The molecule has 1 aromatic carbocycles. The first kappa shape index (κ1) is 12.1. The zero-order chi connectivity index (χ0) is 12.4. The molecular formula is C13H16ClN3. The van der Waals surface area contributed by atoms with Crippen LogP contribution < -0.4 is 0 Å². The van der Waals surface area contributed by atoms with E-state index in [1.54, 1.807) is 6.33 Å². The SMILES string of the molecule is Cc1cc(Cl)ccc1-c1nncn1CC(C)C. The van der Waals surface area contributed by atoms with Crippen LogP contribution in [0.25, 0.3) is 11.4 Å². The molecule has 0 unspecified atom stereocenters. The zero-order valence-electron chi connectivity index (χ0n) is 10.3. The van der Waals surface area contributed by atoms with Gasteiger partial charge in [0.2, 0.25) is 0 Å². The molecule has 1 aromatic heterocycles. The second-order valence-corrected chi connectivity index (χ2v) is 5.10. The largest absolute Gasteiger partial charge is 0.313 e. The van der Waals surface area contributed by atoms with Crippen molar-refractivity contribution < 1.29 is 0 Å². The maximum Gasteiger partial charge on any atom is 0.164 e. The third-order valence-electron chi connectivity index (χ3n) is 2.61. The molecule has 0 aliphatic heterocycles. The third-order valence-corrected chi connectivity index (χ3v) is 2.84. The summed E-state index contributed by atoms with van der Waals surface area (Å²) in [5, 5.41) is 8.95. The average molecular weight is 250 g/mol. The molecule has 2 aromatic rings. The van der Waals surface area contributed by atoms with Gasteiger partial charge in [0.25, 0.3) is 0 Å². The normalized spacial score (nSPS) is 11.1. The fourth-order valence-corrected chi connectivity index (χ4v) is 2.10. The second kappa shape index (κ2) is 4.88. The standard InChI is InChI=1S/C13H16ClN3/c1-9(2)7-17-8-15-16-13(17)12-5-4-11(14)6-10(12)3/h4-6,8-9H,7H2,1-3H3. The van der Waals surface area contributed by atoms with E-state index in [1.807, 2.05) is 25.1 Å². The first-order valence-electron chi connectivity index (χ1n) is 5.72. The highest BCUT2D eigenvalue weighted by Crippen LogP contribution is 2.24. The monoisotopic (exact) mass is 249 g/mol. The van der Waals surface area contributed by atoms with E-state index in [4.69, 9.17) is 11.6 Å². The second-order valence-electron chi connectivity index (χ2n) is 4.66. The van der Waals surface area contributed by atoms with Gasteiger partial charge in [-0.25, -0.2) is 0 Å². The van der Waals surface area contributed by atoms with Gasteiger partial charge < -0.3 is 4.57 Å². The van der Waals surface area contributed by atoms with Gasteiger partial charge in [-0.1, -0.05) is 25.4 Å².